The second-order valence-electron chi connectivity index (χ2n) is 3.96. The maximum absolute atomic E-state index is 6.16. The minimum atomic E-state index is -0.170. The number of benzene rings is 1. The van der Waals surface area contributed by atoms with E-state index in [1.165, 1.54) is 0 Å². The molecule has 0 saturated heterocycles. The Bertz CT molecular complexity index is 533. The number of hydrogen-bond acceptors (Lipinski definition) is 4. The van der Waals surface area contributed by atoms with Gasteiger partial charge >= 0.3 is 0 Å². The van der Waals surface area contributed by atoms with E-state index in [2.05, 4.69) is 4.98 Å². The van der Waals surface area contributed by atoms with Gasteiger partial charge in [0.25, 0.3) is 0 Å². The van der Waals surface area contributed by atoms with Crippen molar-refractivity contribution in [1.82, 2.24) is 4.98 Å². The molecule has 1 aromatic heterocycles. The van der Waals surface area contributed by atoms with Crippen LogP contribution in [0.2, 0.25) is 5.02 Å². The number of aromatic nitrogens is 1. The zero-order chi connectivity index (χ0) is 13.7. The quantitative estimate of drug-likeness (QED) is 0.857. The molecule has 100 valence electrons. The van der Waals surface area contributed by atoms with E-state index in [9.17, 15) is 0 Å². The lowest BCUT2D eigenvalue weighted by Crippen LogP contribution is -2.15. The van der Waals surface area contributed by atoms with Gasteiger partial charge in [-0.2, -0.15) is 0 Å². The van der Waals surface area contributed by atoms with Gasteiger partial charge in [-0.1, -0.05) is 11.6 Å². The van der Waals surface area contributed by atoms with Crippen molar-refractivity contribution in [1.29, 1.82) is 0 Å². The molecule has 0 aliphatic heterocycles. The van der Waals surface area contributed by atoms with Crippen molar-refractivity contribution >= 4 is 23.4 Å². The molecule has 0 aliphatic carbocycles. The van der Waals surface area contributed by atoms with E-state index in [0.29, 0.717) is 0 Å². The highest BCUT2D eigenvalue weighted by Crippen LogP contribution is 2.27. The molecule has 0 amide bonds. The van der Waals surface area contributed by atoms with Crippen LogP contribution >= 0.6 is 23.4 Å². The van der Waals surface area contributed by atoms with Crippen LogP contribution in [0.5, 0.6) is 5.75 Å². The normalized spacial score (nSPS) is 12.2. The SMILES string of the molecule is COc1cccnc1C(N)CSc1ccc(Cl)cc1. The lowest BCUT2D eigenvalue weighted by molar-refractivity contribution is 0.404. The Labute approximate surface area is 122 Å². The number of nitrogens with zero attached hydrogens (tertiary/aromatic N) is 1. The summed E-state index contributed by atoms with van der Waals surface area (Å²) in [6.45, 7) is 0. The number of pyridine rings is 1. The zero-order valence-electron chi connectivity index (χ0n) is 10.5. The van der Waals surface area contributed by atoms with E-state index in [1.807, 2.05) is 36.4 Å². The molecule has 0 saturated carbocycles. The van der Waals surface area contributed by atoms with E-state index in [0.717, 1.165) is 27.1 Å². The van der Waals surface area contributed by atoms with Gasteiger partial charge in [0.1, 0.15) is 5.75 Å². The molecular formula is C14H15ClN2OS. The predicted octanol–water partition coefficient (Wildman–Crippen LogP) is 3.54. The Morgan fingerprint density at radius 1 is 1.32 bits per heavy atom. The average molecular weight is 295 g/mol. The molecule has 0 bridgehead atoms. The van der Waals surface area contributed by atoms with Crippen molar-refractivity contribution in [2.45, 2.75) is 10.9 Å². The first kappa shape index (κ1) is 14.2. The number of halogens is 1. The van der Waals surface area contributed by atoms with E-state index in [1.54, 1.807) is 25.1 Å². The smallest absolute Gasteiger partial charge is 0.142 e. The van der Waals surface area contributed by atoms with Crippen molar-refractivity contribution in [2.75, 3.05) is 12.9 Å². The summed E-state index contributed by atoms with van der Waals surface area (Å²) in [5.41, 5.74) is 6.94. The Balaban J connectivity index is 2.01. The summed E-state index contributed by atoms with van der Waals surface area (Å²) >= 11 is 7.52. The molecule has 3 nitrogen and oxygen atoms in total. The fourth-order valence-electron chi connectivity index (χ4n) is 1.65. The van der Waals surface area contributed by atoms with E-state index in [4.69, 9.17) is 22.1 Å². The Hall–Kier alpha value is -1.23. The molecule has 1 atom stereocenters. The van der Waals surface area contributed by atoms with E-state index >= 15 is 0 Å². The second kappa shape index (κ2) is 6.80. The fraction of sp³-hybridized carbons (Fsp3) is 0.214. The first-order chi connectivity index (χ1) is 9.20. The summed E-state index contributed by atoms with van der Waals surface area (Å²) < 4.78 is 5.27. The minimum Gasteiger partial charge on any atom is -0.495 e. The Kier molecular flexibility index (Phi) is 5.07. The van der Waals surface area contributed by atoms with Gasteiger partial charge in [-0.15, -0.1) is 11.8 Å². The van der Waals surface area contributed by atoms with Gasteiger partial charge in [0.2, 0.25) is 0 Å². The molecule has 19 heavy (non-hydrogen) atoms. The monoisotopic (exact) mass is 294 g/mol. The molecule has 0 fully saturated rings. The van der Waals surface area contributed by atoms with Crippen molar-refractivity contribution in [3.8, 4) is 5.75 Å². The number of ether oxygens (including phenoxy) is 1. The largest absolute Gasteiger partial charge is 0.495 e. The second-order valence-corrected chi connectivity index (χ2v) is 5.49. The topological polar surface area (TPSA) is 48.1 Å². The zero-order valence-corrected chi connectivity index (χ0v) is 12.1. The Morgan fingerprint density at radius 2 is 2.05 bits per heavy atom. The number of nitrogens with two attached hydrogens (primary N) is 1. The third-order valence-corrected chi connectivity index (χ3v) is 4.00. The van der Waals surface area contributed by atoms with Crippen molar-refractivity contribution in [3.05, 3.63) is 53.3 Å². The molecular weight excluding hydrogens is 280 g/mol. The number of methoxy groups -OCH3 is 1. The molecule has 2 aromatic rings. The summed E-state index contributed by atoms with van der Waals surface area (Å²) in [6, 6.07) is 11.2. The summed E-state index contributed by atoms with van der Waals surface area (Å²) in [4.78, 5) is 5.43. The van der Waals surface area contributed by atoms with Gasteiger partial charge in [0, 0.05) is 21.9 Å². The van der Waals surface area contributed by atoms with Gasteiger partial charge in [-0.05, 0) is 36.4 Å². The first-order valence-electron chi connectivity index (χ1n) is 5.83. The van der Waals surface area contributed by atoms with Crippen molar-refractivity contribution < 1.29 is 4.74 Å². The highest BCUT2D eigenvalue weighted by Gasteiger charge is 2.13. The number of thioether (sulfide) groups is 1. The third-order valence-electron chi connectivity index (χ3n) is 2.61. The molecule has 1 heterocycles. The minimum absolute atomic E-state index is 0.170. The predicted molar refractivity (Wildman–Crippen MR) is 79.9 cm³/mol. The van der Waals surface area contributed by atoms with Crippen LogP contribution in [-0.2, 0) is 0 Å². The van der Waals surface area contributed by atoms with Crippen LogP contribution in [0.1, 0.15) is 11.7 Å². The van der Waals surface area contributed by atoms with Gasteiger partial charge in [0.05, 0.1) is 18.8 Å². The van der Waals surface area contributed by atoms with E-state index in [-0.39, 0.29) is 6.04 Å². The van der Waals surface area contributed by atoms with Gasteiger partial charge in [0.15, 0.2) is 0 Å². The van der Waals surface area contributed by atoms with Crippen LogP contribution in [-0.4, -0.2) is 17.8 Å². The maximum atomic E-state index is 6.16. The number of rotatable bonds is 5. The van der Waals surface area contributed by atoms with E-state index < -0.39 is 0 Å². The molecule has 5 heteroatoms. The van der Waals surface area contributed by atoms with Crippen LogP contribution in [0.25, 0.3) is 0 Å². The number of hydrogen-bond donors (Lipinski definition) is 1. The van der Waals surface area contributed by atoms with Crippen LogP contribution in [0, 0.1) is 0 Å². The van der Waals surface area contributed by atoms with Crippen LogP contribution < -0.4 is 10.5 Å². The fourth-order valence-corrected chi connectivity index (χ4v) is 2.63. The van der Waals surface area contributed by atoms with Gasteiger partial charge in [-0.25, -0.2) is 0 Å². The molecule has 1 unspecified atom stereocenters. The molecule has 0 aliphatic rings. The summed E-state index contributed by atoms with van der Waals surface area (Å²) in [7, 11) is 1.62. The average Bonchev–Trinajstić information content (AvgIpc) is 2.46. The summed E-state index contributed by atoms with van der Waals surface area (Å²) in [5.74, 6) is 1.46. The standard InChI is InChI=1S/C14H15ClN2OS/c1-18-13-3-2-8-17-14(13)12(16)9-19-11-6-4-10(15)5-7-11/h2-8,12H,9,16H2,1H3. The highest BCUT2D eigenvalue weighted by atomic mass is 35.5. The molecule has 0 spiro atoms. The highest BCUT2D eigenvalue weighted by molar-refractivity contribution is 7.99. The summed E-state index contributed by atoms with van der Waals surface area (Å²) in [6.07, 6.45) is 1.73. The summed E-state index contributed by atoms with van der Waals surface area (Å²) in [5, 5.41) is 0.736. The first-order valence-corrected chi connectivity index (χ1v) is 7.20. The molecule has 1 aromatic carbocycles. The third kappa shape index (κ3) is 3.86. The molecule has 0 radical (unpaired) electrons. The van der Waals surface area contributed by atoms with Crippen molar-refractivity contribution in [3.63, 3.8) is 0 Å². The lowest BCUT2D eigenvalue weighted by Gasteiger charge is -2.14. The van der Waals surface area contributed by atoms with Gasteiger partial charge < -0.3 is 10.5 Å². The molecule has 2 rings (SSSR count). The van der Waals surface area contributed by atoms with Crippen LogP contribution in [0.4, 0.5) is 0 Å². The maximum Gasteiger partial charge on any atom is 0.142 e. The van der Waals surface area contributed by atoms with Crippen molar-refractivity contribution in [2.24, 2.45) is 5.73 Å². The van der Waals surface area contributed by atoms with Crippen LogP contribution in [0.3, 0.4) is 0 Å². The van der Waals surface area contributed by atoms with Crippen LogP contribution in [0.15, 0.2) is 47.5 Å². The Morgan fingerprint density at radius 3 is 2.74 bits per heavy atom. The molecule has 2 N–H and O–H groups in total. The lowest BCUT2D eigenvalue weighted by atomic mass is 10.2. The van der Waals surface area contributed by atoms with Gasteiger partial charge in [-0.3, -0.25) is 4.98 Å².